The molecule has 106 valence electrons. The summed E-state index contributed by atoms with van der Waals surface area (Å²) in [6, 6.07) is 6.86. The molecule has 0 saturated carbocycles. The Hall–Kier alpha value is -1.13. The molecule has 0 aromatic heterocycles. The summed E-state index contributed by atoms with van der Waals surface area (Å²) in [6.07, 6.45) is 0.795. The molecule has 0 unspecified atom stereocenters. The summed E-state index contributed by atoms with van der Waals surface area (Å²) in [5.74, 6) is 0. The molecule has 0 heterocycles. The van der Waals surface area contributed by atoms with Gasteiger partial charge in [-0.25, -0.2) is 13.1 Å². The van der Waals surface area contributed by atoms with E-state index in [4.69, 9.17) is 0 Å². The molecular weight excluding hydrogens is 258 g/mol. The molecule has 4 heteroatoms. The van der Waals surface area contributed by atoms with Gasteiger partial charge in [0.2, 0.25) is 10.0 Å². The zero-order valence-electron chi connectivity index (χ0n) is 12.2. The van der Waals surface area contributed by atoms with Gasteiger partial charge >= 0.3 is 0 Å². The fourth-order valence-corrected chi connectivity index (χ4v) is 3.21. The first-order valence-corrected chi connectivity index (χ1v) is 7.81. The Morgan fingerprint density at radius 2 is 1.79 bits per heavy atom. The van der Waals surface area contributed by atoms with Gasteiger partial charge in [-0.3, -0.25) is 0 Å². The van der Waals surface area contributed by atoms with Crippen LogP contribution in [0.5, 0.6) is 0 Å². The Kier molecular flexibility index (Phi) is 4.93. The van der Waals surface area contributed by atoms with E-state index in [1.807, 2.05) is 27.7 Å². The predicted octanol–water partition coefficient (Wildman–Crippen LogP) is 3.27. The van der Waals surface area contributed by atoms with Gasteiger partial charge in [0, 0.05) is 6.54 Å². The number of nitrogens with one attached hydrogen (secondary N) is 1. The highest BCUT2D eigenvalue weighted by Gasteiger charge is 2.22. The highest BCUT2D eigenvalue weighted by Crippen LogP contribution is 2.24. The number of rotatable bonds is 6. The number of sulfonamides is 1. The van der Waals surface area contributed by atoms with Gasteiger partial charge in [0.05, 0.1) is 4.90 Å². The zero-order chi connectivity index (χ0) is 14.7. The standard InChI is InChI=1S/C15H23NO2S/c1-12(2)10-15(4,5)11-16-19(17,18)14-8-6-13(3)7-9-14/h6-9,16H,1,10-11H2,2-5H3. The quantitative estimate of drug-likeness (QED) is 0.813. The first kappa shape index (κ1) is 15.9. The lowest BCUT2D eigenvalue weighted by Crippen LogP contribution is -2.34. The first-order chi connectivity index (χ1) is 8.62. The molecule has 0 atom stereocenters. The first-order valence-electron chi connectivity index (χ1n) is 6.33. The predicted molar refractivity (Wildman–Crippen MR) is 79.6 cm³/mol. The SMILES string of the molecule is C=C(C)CC(C)(C)CNS(=O)(=O)c1ccc(C)cc1. The highest BCUT2D eigenvalue weighted by atomic mass is 32.2. The summed E-state index contributed by atoms with van der Waals surface area (Å²) in [4.78, 5) is 0.309. The molecule has 0 bridgehead atoms. The molecule has 0 aliphatic heterocycles. The van der Waals surface area contributed by atoms with E-state index in [0.717, 1.165) is 17.6 Å². The van der Waals surface area contributed by atoms with Gasteiger partial charge in [-0.1, -0.05) is 37.1 Å². The molecule has 1 rings (SSSR count). The lowest BCUT2D eigenvalue weighted by molar-refractivity contribution is 0.360. The van der Waals surface area contributed by atoms with E-state index in [0.29, 0.717) is 11.4 Å². The van der Waals surface area contributed by atoms with Crippen LogP contribution in [-0.4, -0.2) is 15.0 Å². The number of hydrogen-bond donors (Lipinski definition) is 1. The second-order valence-corrected chi connectivity index (χ2v) is 7.70. The summed E-state index contributed by atoms with van der Waals surface area (Å²) in [6.45, 7) is 12.2. The Bertz CT molecular complexity index is 542. The van der Waals surface area contributed by atoms with Gasteiger partial charge in [0.1, 0.15) is 0 Å². The normalized spacial score (nSPS) is 12.4. The molecule has 0 spiro atoms. The van der Waals surface area contributed by atoms with Crippen molar-refractivity contribution in [2.75, 3.05) is 6.54 Å². The topological polar surface area (TPSA) is 46.2 Å². The minimum atomic E-state index is -3.43. The molecule has 0 fully saturated rings. The Morgan fingerprint density at radius 3 is 2.26 bits per heavy atom. The van der Waals surface area contributed by atoms with Crippen molar-refractivity contribution in [2.45, 2.75) is 39.0 Å². The van der Waals surface area contributed by atoms with Crippen LogP contribution < -0.4 is 4.72 Å². The third-order valence-corrected chi connectivity index (χ3v) is 4.27. The molecule has 0 saturated heterocycles. The van der Waals surface area contributed by atoms with Crippen LogP contribution in [0, 0.1) is 12.3 Å². The highest BCUT2D eigenvalue weighted by molar-refractivity contribution is 7.89. The average Bonchev–Trinajstić information content (AvgIpc) is 2.26. The van der Waals surface area contributed by atoms with E-state index in [9.17, 15) is 8.42 Å². The van der Waals surface area contributed by atoms with E-state index in [2.05, 4.69) is 11.3 Å². The fraction of sp³-hybridized carbons (Fsp3) is 0.467. The Morgan fingerprint density at radius 1 is 1.26 bits per heavy atom. The number of allylic oxidation sites excluding steroid dienone is 1. The molecular formula is C15H23NO2S. The molecule has 0 radical (unpaired) electrons. The molecule has 1 N–H and O–H groups in total. The van der Waals surface area contributed by atoms with Gasteiger partial charge in [-0.15, -0.1) is 6.58 Å². The minimum Gasteiger partial charge on any atom is -0.211 e. The van der Waals surface area contributed by atoms with E-state index in [1.54, 1.807) is 24.3 Å². The largest absolute Gasteiger partial charge is 0.240 e. The smallest absolute Gasteiger partial charge is 0.211 e. The molecule has 0 amide bonds. The molecule has 1 aromatic carbocycles. The van der Waals surface area contributed by atoms with E-state index < -0.39 is 10.0 Å². The maximum atomic E-state index is 12.1. The fourth-order valence-electron chi connectivity index (χ4n) is 1.97. The molecule has 0 aliphatic rings. The third-order valence-electron chi connectivity index (χ3n) is 2.85. The monoisotopic (exact) mass is 281 g/mol. The molecule has 1 aromatic rings. The van der Waals surface area contributed by atoms with Crippen molar-refractivity contribution in [2.24, 2.45) is 5.41 Å². The lowest BCUT2D eigenvalue weighted by atomic mass is 9.87. The van der Waals surface area contributed by atoms with Crippen LogP contribution in [-0.2, 0) is 10.0 Å². The van der Waals surface area contributed by atoms with Crippen molar-refractivity contribution < 1.29 is 8.42 Å². The van der Waals surface area contributed by atoms with Gasteiger partial charge < -0.3 is 0 Å². The number of hydrogen-bond acceptors (Lipinski definition) is 2. The molecule has 0 aliphatic carbocycles. The molecule has 3 nitrogen and oxygen atoms in total. The van der Waals surface area contributed by atoms with E-state index in [-0.39, 0.29) is 5.41 Å². The van der Waals surface area contributed by atoms with Crippen LogP contribution in [0.1, 0.15) is 32.8 Å². The summed E-state index contributed by atoms with van der Waals surface area (Å²) in [5, 5.41) is 0. The second kappa shape index (κ2) is 5.88. The van der Waals surface area contributed by atoms with Gasteiger partial charge in [0.25, 0.3) is 0 Å². The summed E-state index contributed by atoms with van der Waals surface area (Å²) in [5.41, 5.74) is 1.96. The maximum Gasteiger partial charge on any atom is 0.240 e. The van der Waals surface area contributed by atoms with Crippen molar-refractivity contribution in [1.29, 1.82) is 0 Å². The van der Waals surface area contributed by atoms with Gasteiger partial charge in [0.15, 0.2) is 0 Å². The Balaban J connectivity index is 2.76. The summed E-state index contributed by atoms with van der Waals surface area (Å²) >= 11 is 0. The number of aryl methyl sites for hydroxylation is 1. The van der Waals surface area contributed by atoms with Gasteiger partial charge in [-0.2, -0.15) is 0 Å². The van der Waals surface area contributed by atoms with Crippen molar-refractivity contribution in [3.05, 3.63) is 42.0 Å². The summed E-state index contributed by atoms with van der Waals surface area (Å²) in [7, 11) is -3.43. The van der Waals surface area contributed by atoms with Crippen LogP contribution in [0.3, 0.4) is 0 Å². The van der Waals surface area contributed by atoms with E-state index >= 15 is 0 Å². The average molecular weight is 281 g/mol. The third kappa shape index (κ3) is 5.17. The lowest BCUT2D eigenvalue weighted by Gasteiger charge is -2.25. The van der Waals surface area contributed by atoms with Crippen molar-refractivity contribution >= 4 is 10.0 Å². The number of benzene rings is 1. The van der Waals surface area contributed by atoms with Crippen LogP contribution in [0.4, 0.5) is 0 Å². The van der Waals surface area contributed by atoms with Crippen LogP contribution in [0.2, 0.25) is 0 Å². The van der Waals surface area contributed by atoms with Gasteiger partial charge in [-0.05, 0) is 37.8 Å². The Labute approximate surface area is 116 Å². The second-order valence-electron chi connectivity index (χ2n) is 5.94. The van der Waals surface area contributed by atoms with Crippen LogP contribution in [0.15, 0.2) is 41.3 Å². The van der Waals surface area contributed by atoms with Crippen molar-refractivity contribution in [3.8, 4) is 0 Å². The zero-order valence-corrected chi connectivity index (χ0v) is 13.0. The summed E-state index contributed by atoms with van der Waals surface area (Å²) < 4.78 is 27.0. The van der Waals surface area contributed by atoms with Crippen LogP contribution >= 0.6 is 0 Å². The van der Waals surface area contributed by atoms with Crippen molar-refractivity contribution in [3.63, 3.8) is 0 Å². The van der Waals surface area contributed by atoms with Crippen LogP contribution in [0.25, 0.3) is 0 Å². The maximum absolute atomic E-state index is 12.1. The minimum absolute atomic E-state index is 0.135. The molecule has 19 heavy (non-hydrogen) atoms. The van der Waals surface area contributed by atoms with Crippen molar-refractivity contribution in [1.82, 2.24) is 4.72 Å². The van der Waals surface area contributed by atoms with E-state index in [1.165, 1.54) is 0 Å².